The number of likely N-dealkylation sites (N-methyl/N-ethyl adjacent to an activating group) is 1. The van der Waals surface area contributed by atoms with Gasteiger partial charge in [-0.1, -0.05) is 121 Å². The second kappa shape index (κ2) is 11.5. The van der Waals surface area contributed by atoms with Gasteiger partial charge in [0.2, 0.25) is 5.69 Å². The van der Waals surface area contributed by atoms with Gasteiger partial charge in [0.05, 0.1) is 5.41 Å². The third-order valence-electron chi connectivity index (χ3n) is 10.1. The van der Waals surface area contributed by atoms with Gasteiger partial charge >= 0.3 is 0 Å². The van der Waals surface area contributed by atoms with E-state index in [2.05, 4.69) is 183 Å². The average molecular weight is 586 g/mol. The van der Waals surface area contributed by atoms with Crippen LogP contribution in [0.1, 0.15) is 35.6 Å². The zero-order valence-electron chi connectivity index (χ0n) is 26.6. The largest absolute Gasteiger partial charge is 0.347 e. The topological polar surface area (TPSA) is 6.25 Å². The lowest BCUT2D eigenvalue weighted by molar-refractivity contribution is -0.401. The molecule has 0 saturated heterocycles. The van der Waals surface area contributed by atoms with Crippen LogP contribution in [0.4, 0.5) is 11.4 Å². The van der Waals surface area contributed by atoms with Crippen molar-refractivity contribution in [1.29, 1.82) is 0 Å². The van der Waals surface area contributed by atoms with Crippen LogP contribution in [0.5, 0.6) is 0 Å². The van der Waals surface area contributed by atoms with Gasteiger partial charge < -0.3 is 4.90 Å². The fraction of sp³-hybridized carbons (Fsp3) is 0.186. The van der Waals surface area contributed by atoms with E-state index in [9.17, 15) is 0 Å². The van der Waals surface area contributed by atoms with E-state index < -0.39 is 0 Å². The summed E-state index contributed by atoms with van der Waals surface area (Å²) in [6, 6.07) is 44.1. The Labute approximate surface area is 268 Å². The van der Waals surface area contributed by atoms with Gasteiger partial charge in [0, 0.05) is 41.6 Å². The summed E-state index contributed by atoms with van der Waals surface area (Å²) >= 11 is 0. The maximum atomic E-state index is 4.23. The van der Waals surface area contributed by atoms with Crippen molar-refractivity contribution in [3.05, 3.63) is 180 Å². The SMILES string of the molecule is C=CCC1(Cc2ccccc2)C(/C=C/C=C2/N(C)c3ccc4ccccc4c3C2(C)Cc2ccccc2)=[N+](C)c2ccccc21. The van der Waals surface area contributed by atoms with Crippen LogP contribution < -0.4 is 4.90 Å². The molecule has 2 atom stereocenters. The molecule has 45 heavy (non-hydrogen) atoms. The van der Waals surface area contributed by atoms with E-state index >= 15 is 0 Å². The molecular weight excluding hydrogens is 544 g/mol. The summed E-state index contributed by atoms with van der Waals surface area (Å²) in [6.45, 7) is 6.66. The van der Waals surface area contributed by atoms with E-state index in [4.69, 9.17) is 0 Å². The second-order valence-electron chi connectivity index (χ2n) is 12.8. The Morgan fingerprint density at radius 2 is 1.40 bits per heavy atom. The lowest BCUT2D eigenvalue weighted by Gasteiger charge is -2.29. The third kappa shape index (κ3) is 4.77. The molecule has 0 saturated carbocycles. The highest BCUT2D eigenvalue weighted by atomic mass is 15.2. The van der Waals surface area contributed by atoms with Gasteiger partial charge in [-0.2, -0.15) is 4.58 Å². The van der Waals surface area contributed by atoms with Crippen molar-refractivity contribution in [2.75, 3.05) is 19.0 Å². The Balaban J connectivity index is 1.36. The summed E-state index contributed by atoms with van der Waals surface area (Å²) < 4.78 is 2.39. The minimum absolute atomic E-state index is 0.197. The fourth-order valence-electron chi connectivity index (χ4n) is 8.15. The van der Waals surface area contributed by atoms with Gasteiger partial charge in [-0.05, 0) is 65.8 Å². The average Bonchev–Trinajstić information content (AvgIpc) is 3.42. The summed E-state index contributed by atoms with van der Waals surface area (Å²) in [5.74, 6) is 0. The van der Waals surface area contributed by atoms with E-state index in [1.54, 1.807) is 0 Å². The molecule has 0 bridgehead atoms. The number of para-hydroxylation sites is 1. The molecule has 2 aliphatic heterocycles. The van der Waals surface area contributed by atoms with Crippen molar-refractivity contribution in [3.8, 4) is 0 Å². The summed E-state index contributed by atoms with van der Waals surface area (Å²) in [5.41, 5.74) is 10.2. The maximum absolute atomic E-state index is 4.23. The number of hydrogen-bond acceptors (Lipinski definition) is 1. The van der Waals surface area contributed by atoms with Crippen LogP contribution in [0.25, 0.3) is 10.8 Å². The highest BCUT2D eigenvalue weighted by molar-refractivity contribution is 6.04. The Hall–Kier alpha value is -4.95. The van der Waals surface area contributed by atoms with E-state index in [1.807, 2.05) is 0 Å². The first-order valence-corrected chi connectivity index (χ1v) is 16.0. The summed E-state index contributed by atoms with van der Waals surface area (Å²) in [5, 5.41) is 2.62. The van der Waals surface area contributed by atoms with Crippen LogP contribution in [0.3, 0.4) is 0 Å². The first kappa shape index (κ1) is 28.8. The number of fused-ring (bicyclic) bond motifs is 4. The van der Waals surface area contributed by atoms with Crippen LogP contribution >= 0.6 is 0 Å². The van der Waals surface area contributed by atoms with Crippen LogP contribution in [0, 0.1) is 0 Å². The zero-order chi connectivity index (χ0) is 31.0. The van der Waals surface area contributed by atoms with E-state index in [-0.39, 0.29) is 10.8 Å². The molecule has 2 heteroatoms. The van der Waals surface area contributed by atoms with Gasteiger partial charge in [0.1, 0.15) is 7.05 Å². The number of benzene rings is 5. The molecule has 7 rings (SSSR count). The molecule has 2 unspecified atom stereocenters. The summed E-state index contributed by atoms with van der Waals surface area (Å²) in [6.07, 6.45) is 11.8. The first-order valence-electron chi connectivity index (χ1n) is 16.0. The minimum atomic E-state index is -0.200. The van der Waals surface area contributed by atoms with Crippen LogP contribution in [0.2, 0.25) is 0 Å². The van der Waals surface area contributed by atoms with E-state index in [1.165, 1.54) is 55.8 Å². The number of allylic oxidation sites excluding steroid dienone is 5. The molecule has 2 nitrogen and oxygen atoms in total. The highest BCUT2D eigenvalue weighted by Crippen LogP contribution is 2.52. The van der Waals surface area contributed by atoms with Crippen molar-refractivity contribution in [3.63, 3.8) is 0 Å². The molecule has 0 N–H and O–H groups in total. The quantitative estimate of drug-likeness (QED) is 0.130. The molecule has 222 valence electrons. The van der Waals surface area contributed by atoms with Crippen molar-refractivity contribution >= 4 is 27.9 Å². The molecule has 0 amide bonds. The first-order chi connectivity index (χ1) is 22.0. The van der Waals surface area contributed by atoms with E-state index in [0.29, 0.717) is 0 Å². The lowest BCUT2D eigenvalue weighted by Crippen LogP contribution is -2.36. The number of nitrogens with zero attached hydrogens (tertiary/aromatic N) is 2. The van der Waals surface area contributed by atoms with Gasteiger partial charge in [0.25, 0.3) is 0 Å². The molecule has 2 heterocycles. The highest BCUT2D eigenvalue weighted by Gasteiger charge is 2.49. The number of anilines is 1. The van der Waals surface area contributed by atoms with Crippen molar-refractivity contribution in [2.24, 2.45) is 0 Å². The van der Waals surface area contributed by atoms with Gasteiger partial charge in [-0.15, -0.1) is 6.58 Å². The van der Waals surface area contributed by atoms with Crippen LogP contribution in [-0.2, 0) is 23.7 Å². The zero-order valence-corrected chi connectivity index (χ0v) is 26.6. The Morgan fingerprint density at radius 3 is 2.13 bits per heavy atom. The predicted molar refractivity (Wildman–Crippen MR) is 191 cm³/mol. The minimum Gasteiger partial charge on any atom is -0.347 e. The molecule has 0 spiro atoms. The van der Waals surface area contributed by atoms with Crippen LogP contribution in [0.15, 0.2) is 158 Å². The molecule has 0 radical (unpaired) electrons. The molecule has 5 aromatic carbocycles. The van der Waals surface area contributed by atoms with Gasteiger partial charge in [-0.3, -0.25) is 0 Å². The monoisotopic (exact) mass is 585 g/mol. The molecular formula is C43H41N2+. The van der Waals surface area contributed by atoms with Crippen molar-refractivity contribution < 1.29 is 4.58 Å². The Morgan fingerprint density at radius 1 is 0.756 bits per heavy atom. The molecule has 5 aromatic rings. The molecule has 0 fully saturated rings. The van der Waals surface area contributed by atoms with Crippen molar-refractivity contribution in [2.45, 2.75) is 37.0 Å². The predicted octanol–water partition coefficient (Wildman–Crippen LogP) is 9.72. The Bertz CT molecular complexity index is 1980. The third-order valence-corrected chi connectivity index (χ3v) is 10.1. The smallest absolute Gasteiger partial charge is 0.209 e. The lowest BCUT2D eigenvalue weighted by atomic mass is 9.70. The number of rotatable bonds is 8. The Kier molecular flexibility index (Phi) is 7.37. The second-order valence-corrected chi connectivity index (χ2v) is 12.8. The summed E-state index contributed by atoms with van der Waals surface area (Å²) in [4.78, 5) is 2.41. The molecule has 0 aliphatic carbocycles. The van der Waals surface area contributed by atoms with Crippen molar-refractivity contribution in [1.82, 2.24) is 0 Å². The number of hydrogen-bond donors (Lipinski definition) is 0. The molecule has 0 aromatic heterocycles. The normalized spacial score (nSPS) is 21.6. The summed E-state index contributed by atoms with van der Waals surface area (Å²) in [7, 11) is 4.44. The maximum Gasteiger partial charge on any atom is 0.209 e. The molecule has 2 aliphatic rings. The van der Waals surface area contributed by atoms with E-state index in [0.717, 1.165) is 19.3 Å². The van der Waals surface area contributed by atoms with Crippen LogP contribution in [-0.4, -0.2) is 24.4 Å². The standard InChI is InChI=1S/C43H41N2/c1-5-29-43(31-33-19-10-7-11-20-33)36-23-14-15-24-37(36)44(3)40(43)26-16-25-39-42(2,30-32-17-8-6-9-18-32)41-35-22-13-12-21-34(35)27-28-38(41)45(39)4/h5-28H,1,29-31H2,2-4H3/q+1. The van der Waals surface area contributed by atoms with Gasteiger partial charge in [0.15, 0.2) is 5.71 Å². The van der Waals surface area contributed by atoms with Gasteiger partial charge in [-0.25, -0.2) is 0 Å². The fourth-order valence-corrected chi connectivity index (χ4v) is 8.15.